The fraction of sp³-hybridized carbons (Fsp3) is 0.500. The van der Waals surface area contributed by atoms with Crippen LogP contribution in [0.5, 0.6) is 5.88 Å². The van der Waals surface area contributed by atoms with Gasteiger partial charge in [0.2, 0.25) is 5.76 Å². The number of carboxylic acids is 1. The van der Waals surface area contributed by atoms with Gasteiger partial charge in [-0.1, -0.05) is 13.3 Å². The van der Waals surface area contributed by atoms with E-state index in [1.54, 1.807) is 0 Å². The first-order valence-corrected chi connectivity index (χ1v) is 4.07. The van der Waals surface area contributed by atoms with E-state index < -0.39 is 5.97 Å². The Hall–Kier alpha value is -1.52. The molecule has 1 aromatic heterocycles. The van der Waals surface area contributed by atoms with Crippen LogP contribution in [0.1, 0.15) is 30.3 Å². The molecule has 0 saturated heterocycles. The summed E-state index contributed by atoms with van der Waals surface area (Å²) in [6.45, 7) is 2.57. The second-order valence-electron chi connectivity index (χ2n) is 2.54. The van der Waals surface area contributed by atoms with Gasteiger partial charge >= 0.3 is 5.97 Å². The third-order valence-corrected chi connectivity index (χ3v) is 1.45. The van der Waals surface area contributed by atoms with Gasteiger partial charge in [0.25, 0.3) is 5.88 Å². The van der Waals surface area contributed by atoms with Gasteiger partial charge in [-0.15, -0.1) is 0 Å². The smallest absolute Gasteiger partial charge is 0.374 e. The van der Waals surface area contributed by atoms with E-state index in [4.69, 9.17) is 9.84 Å². The molecule has 0 atom stereocenters. The van der Waals surface area contributed by atoms with Crippen molar-refractivity contribution in [3.05, 3.63) is 11.8 Å². The Morgan fingerprint density at radius 3 is 3.08 bits per heavy atom. The Morgan fingerprint density at radius 1 is 1.77 bits per heavy atom. The van der Waals surface area contributed by atoms with Crippen molar-refractivity contribution in [1.82, 2.24) is 5.16 Å². The van der Waals surface area contributed by atoms with Crippen molar-refractivity contribution in [3.8, 4) is 5.88 Å². The molecule has 0 unspecified atom stereocenters. The van der Waals surface area contributed by atoms with E-state index in [9.17, 15) is 4.79 Å². The highest BCUT2D eigenvalue weighted by atomic mass is 16.5. The van der Waals surface area contributed by atoms with Crippen molar-refractivity contribution >= 4 is 5.97 Å². The summed E-state index contributed by atoms with van der Waals surface area (Å²) in [6, 6.07) is 1.26. The average molecular weight is 185 g/mol. The molecule has 0 aliphatic rings. The number of aromatic carboxylic acids is 1. The molecule has 5 heteroatoms. The Balaban J connectivity index is 2.44. The highest BCUT2D eigenvalue weighted by molar-refractivity contribution is 5.84. The van der Waals surface area contributed by atoms with E-state index in [1.807, 2.05) is 6.92 Å². The molecule has 1 aromatic rings. The molecule has 0 aliphatic heterocycles. The third kappa shape index (κ3) is 2.77. The van der Waals surface area contributed by atoms with Crippen molar-refractivity contribution in [2.45, 2.75) is 19.8 Å². The predicted molar refractivity (Wildman–Crippen MR) is 43.9 cm³/mol. The summed E-state index contributed by atoms with van der Waals surface area (Å²) in [5, 5.41) is 11.9. The molecule has 1 N–H and O–H groups in total. The minimum absolute atomic E-state index is 0.202. The van der Waals surface area contributed by atoms with Gasteiger partial charge in [-0.2, -0.15) is 0 Å². The number of ether oxygens (including phenoxy) is 1. The first-order valence-electron chi connectivity index (χ1n) is 4.07. The van der Waals surface area contributed by atoms with Crippen molar-refractivity contribution in [2.24, 2.45) is 0 Å². The topological polar surface area (TPSA) is 72.6 Å². The van der Waals surface area contributed by atoms with Crippen LogP contribution in [0.2, 0.25) is 0 Å². The minimum Gasteiger partial charge on any atom is -0.475 e. The van der Waals surface area contributed by atoms with Crippen LogP contribution < -0.4 is 4.74 Å². The second-order valence-corrected chi connectivity index (χ2v) is 2.54. The highest BCUT2D eigenvalue weighted by Gasteiger charge is 2.11. The molecule has 0 aliphatic carbocycles. The molecule has 0 saturated carbocycles. The maximum Gasteiger partial charge on any atom is 0.374 e. The zero-order chi connectivity index (χ0) is 9.68. The van der Waals surface area contributed by atoms with Crippen LogP contribution in [0.4, 0.5) is 0 Å². The molecule has 5 nitrogen and oxygen atoms in total. The van der Waals surface area contributed by atoms with Gasteiger partial charge in [-0.25, -0.2) is 4.79 Å². The number of aromatic nitrogens is 1. The predicted octanol–water partition coefficient (Wildman–Crippen LogP) is 1.55. The SMILES string of the molecule is CCCCOc1cc(C(=O)O)on1. The quantitative estimate of drug-likeness (QED) is 0.704. The lowest BCUT2D eigenvalue weighted by Gasteiger charge is -1.97. The van der Waals surface area contributed by atoms with E-state index in [2.05, 4.69) is 9.68 Å². The zero-order valence-electron chi connectivity index (χ0n) is 7.32. The number of hydrogen-bond acceptors (Lipinski definition) is 4. The number of unbranched alkanes of at least 4 members (excludes halogenated alkanes) is 1. The maximum atomic E-state index is 10.4. The lowest BCUT2D eigenvalue weighted by atomic mass is 10.4. The summed E-state index contributed by atoms with van der Waals surface area (Å²) in [7, 11) is 0. The number of rotatable bonds is 5. The Bertz CT molecular complexity index is 281. The van der Waals surface area contributed by atoms with Gasteiger partial charge in [0.1, 0.15) is 0 Å². The van der Waals surface area contributed by atoms with Crippen LogP contribution in [-0.4, -0.2) is 22.8 Å². The Labute approximate surface area is 75.3 Å². The summed E-state index contributed by atoms with van der Waals surface area (Å²) in [5.74, 6) is -1.12. The monoisotopic (exact) mass is 185 g/mol. The van der Waals surface area contributed by atoms with E-state index >= 15 is 0 Å². The molecule has 72 valence electrons. The molecular formula is C8H11NO4. The van der Waals surface area contributed by atoms with E-state index in [-0.39, 0.29) is 11.6 Å². The standard InChI is InChI=1S/C8H11NO4/c1-2-3-4-12-7-5-6(8(10)11)13-9-7/h5H,2-4H2,1H3,(H,10,11). The number of carbonyl (C=O) groups is 1. The lowest BCUT2D eigenvalue weighted by Crippen LogP contribution is -1.96. The van der Waals surface area contributed by atoms with Gasteiger partial charge in [-0.3, -0.25) is 0 Å². The fourth-order valence-corrected chi connectivity index (χ4v) is 0.749. The number of nitrogens with zero attached hydrogens (tertiary/aromatic N) is 1. The molecular weight excluding hydrogens is 174 g/mol. The Morgan fingerprint density at radius 2 is 2.54 bits per heavy atom. The van der Waals surface area contributed by atoms with E-state index in [0.29, 0.717) is 6.61 Å². The maximum absolute atomic E-state index is 10.4. The molecule has 1 rings (SSSR count). The molecule has 0 radical (unpaired) electrons. The minimum atomic E-state index is -1.14. The van der Waals surface area contributed by atoms with Crippen molar-refractivity contribution in [2.75, 3.05) is 6.61 Å². The largest absolute Gasteiger partial charge is 0.475 e. The summed E-state index contributed by atoms with van der Waals surface area (Å²) in [6.07, 6.45) is 1.93. The van der Waals surface area contributed by atoms with Crippen LogP contribution in [-0.2, 0) is 0 Å². The van der Waals surface area contributed by atoms with Gasteiger partial charge in [0, 0.05) is 0 Å². The molecule has 0 amide bonds. The molecule has 0 bridgehead atoms. The second kappa shape index (κ2) is 4.49. The van der Waals surface area contributed by atoms with Gasteiger partial charge in [0.15, 0.2) is 0 Å². The first kappa shape index (κ1) is 9.57. The number of carboxylic acid groups (broad SMARTS) is 1. The highest BCUT2D eigenvalue weighted by Crippen LogP contribution is 2.11. The van der Waals surface area contributed by atoms with Crippen LogP contribution in [0.25, 0.3) is 0 Å². The van der Waals surface area contributed by atoms with Crippen molar-refractivity contribution in [1.29, 1.82) is 0 Å². The lowest BCUT2D eigenvalue weighted by molar-refractivity contribution is 0.0651. The molecule has 0 fully saturated rings. The van der Waals surface area contributed by atoms with Gasteiger partial charge in [-0.05, 0) is 11.6 Å². The van der Waals surface area contributed by atoms with Crippen LogP contribution in [0, 0.1) is 0 Å². The average Bonchev–Trinajstić information content (AvgIpc) is 2.53. The van der Waals surface area contributed by atoms with E-state index in [1.165, 1.54) is 6.07 Å². The summed E-state index contributed by atoms with van der Waals surface area (Å²) < 4.78 is 9.59. The number of hydrogen-bond donors (Lipinski definition) is 1. The molecule has 13 heavy (non-hydrogen) atoms. The van der Waals surface area contributed by atoms with Crippen LogP contribution >= 0.6 is 0 Å². The Kier molecular flexibility index (Phi) is 3.31. The summed E-state index contributed by atoms with van der Waals surface area (Å²) >= 11 is 0. The normalized spacial score (nSPS) is 9.92. The molecule has 1 heterocycles. The zero-order valence-corrected chi connectivity index (χ0v) is 7.32. The fourth-order valence-electron chi connectivity index (χ4n) is 0.749. The summed E-state index contributed by atoms with van der Waals surface area (Å²) in [5.41, 5.74) is 0. The summed E-state index contributed by atoms with van der Waals surface area (Å²) in [4.78, 5) is 10.4. The van der Waals surface area contributed by atoms with E-state index in [0.717, 1.165) is 12.8 Å². The third-order valence-electron chi connectivity index (χ3n) is 1.45. The van der Waals surface area contributed by atoms with Crippen molar-refractivity contribution in [3.63, 3.8) is 0 Å². The van der Waals surface area contributed by atoms with Crippen molar-refractivity contribution < 1.29 is 19.2 Å². The molecule has 0 spiro atoms. The van der Waals surface area contributed by atoms with Gasteiger partial charge in [0.05, 0.1) is 12.7 Å². The van der Waals surface area contributed by atoms with Gasteiger partial charge < -0.3 is 14.4 Å². The van der Waals surface area contributed by atoms with Crippen LogP contribution in [0.15, 0.2) is 10.6 Å². The molecule has 0 aromatic carbocycles. The first-order chi connectivity index (χ1) is 6.24. The van der Waals surface area contributed by atoms with Crippen LogP contribution in [0.3, 0.4) is 0 Å².